The molecule has 0 radical (unpaired) electrons. The average molecular weight is 542 g/mol. The van der Waals surface area contributed by atoms with Gasteiger partial charge in [0.2, 0.25) is 5.91 Å². The minimum Gasteiger partial charge on any atom is -0.508 e. The Hall–Kier alpha value is -3.72. The number of halogens is 2. The Balaban J connectivity index is 1.83. The largest absolute Gasteiger partial charge is 0.508 e. The van der Waals surface area contributed by atoms with Gasteiger partial charge in [0.15, 0.2) is 16.7 Å². The van der Waals surface area contributed by atoms with Crippen molar-refractivity contribution in [3.63, 3.8) is 0 Å². The van der Waals surface area contributed by atoms with Crippen molar-refractivity contribution in [2.24, 2.45) is 5.92 Å². The number of esters is 1. The van der Waals surface area contributed by atoms with Gasteiger partial charge in [0.1, 0.15) is 18.4 Å². The van der Waals surface area contributed by atoms with E-state index in [1.165, 1.54) is 25.1 Å². The van der Waals surface area contributed by atoms with Crippen LogP contribution in [0.5, 0.6) is 5.75 Å². The number of hydrogen-bond acceptors (Lipinski definition) is 6. The highest BCUT2D eigenvalue weighted by Crippen LogP contribution is 2.29. The molecule has 0 fully saturated rings. The number of ether oxygens (including phenoxy) is 1. The summed E-state index contributed by atoms with van der Waals surface area (Å²) < 4.78 is 32.9. The van der Waals surface area contributed by atoms with Crippen molar-refractivity contribution in [1.29, 1.82) is 0 Å². The Kier molecular flexibility index (Phi) is 10.4. The Morgan fingerprint density at radius 1 is 0.947 bits per heavy atom. The van der Waals surface area contributed by atoms with Crippen molar-refractivity contribution in [2.45, 2.75) is 38.8 Å². The molecule has 0 bridgehead atoms. The third-order valence-electron chi connectivity index (χ3n) is 6.08. The van der Waals surface area contributed by atoms with E-state index in [2.05, 4.69) is 5.32 Å². The van der Waals surface area contributed by atoms with E-state index in [9.17, 15) is 28.3 Å². The zero-order valence-electron chi connectivity index (χ0n) is 21.0. The summed E-state index contributed by atoms with van der Waals surface area (Å²) in [6.07, 6.45) is 0.0891. The van der Waals surface area contributed by atoms with Gasteiger partial charge in [-0.2, -0.15) is 0 Å². The van der Waals surface area contributed by atoms with Crippen LogP contribution in [-0.4, -0.2) is 33.9 Å². The number of hydrogen-bond donors (Lipinski definition) is 2. The molecule has 2 N–H and O–H groups in total. The van der Waals surface area contributed by atoms with Gasteiger partial charge in [-0.15, -0.1) is 0 Å². The van der Waals surface area contributed by atoms with Crippen LogP contribution in [0.25, 0.3) is 0 Å². The van der Waals surface area contributed by atoms with E-state index in [1.54, 1.807) is 31.2 Å². The fraction of sp³-hybridized carbons (Fsp3) is 0.276. The molecule has 1 amide bonds. The number of nitrogens with one attached hydrogen (secondary N) is 1. The Morgan fingerprint density at radius 2 is 1.63 bits per heavy atom. The van der Waals surface area contributed by atoms with Crippen LogP contribution < -0.4 is 5.32 Å². The summed E-state index contributed by atoms with van der Waals surface area (Å²) in [5.74, 6) is -4.53. The molecule has 0 aliphatic heterocycles. The highest BCUT2D eigenvalue weighted by Gasteiger charge is 2.31. The lowest BCUT2D eigenvalue weighted by Gasteiger charge is -2.26. The fourth-order valence-electron chi connectivity index (χ4n) is 3.85. The zero-order chi connectivity index (χ0) is 27.7. The summed E-state index contributed by atoms with van der Waals surface area (Å²) in [5, 5.41) is 12.1. The molecule has 200 valence electrons. The number of carbonyl (C=O) groups is 3. The van der Waals surface area contributed by atoms with Gasteiger partial charge >= 0.3 is 5.97 Å². The van der Waals surface area contributed by atoms with Crippen LogP contribution in [0, 0.1) is 17.6 Å². The fourth-order valence-corrected chi connectivity index (χ4v) is 4.71. The molecule has 3 atom stereocenters. The molecule has 2 unspecified atom stereocenters. The van der Waals surface area contributed by atoms with Crippen LogP contribution in [0.3, 0.4) is 0 Å². The van der Waals surface area contributed by atoms with Gasteiger partial charge in [-0.25, -0.2) is 13.6 Å². The molecule has 0 spiro atoms. The molecule has 3 aromatic carbocycles. The molecule has 0 heterocycles. The van der Waals surface area contributed by atoms with E-state index in [1.807, 2.05) is 18.2 Å². The van der Waals surface area contributed by atoms with Crippen molar-refractivity contribution >= 4 is 28.8 Å². The lowest BCUT2D eigenvalue weighted by Crippen LogP contribution is -2.47. The number of benzene rings is 3. The number of amides is 1. The lowest BCUT2D eigenvalue weighted by molar-refractivity contribution is -0.149. The zero-order valence-corrected chi connectivity index (χ0v) is 21.8. The highest BCUT2D eigenvalue weighted by atomic mass is 32.2. The summed E-state index contributed by atoms with van der Waals surface area (Å²) in [4.78, 5) is 38.3. The molecular formula is C29H29F2NO5S. The number of carbonyl (C=O) groups excluding carboxylic acids is 3. The van der Waals surface area contributed by atoms with E-state index in [0.717, 1.165) is 29.5 Å². The van der Waals surface area contributed by atoms with Crippen molar-refractivity contribution < 1.29 is 33.0 Å². The molecule has 3 rings (SSSR count). The van der Waals surface area contributed by atoms with Crippen molar-refractivity contribution in [2.75, 3.05) is 5.75 Å². The van der Waals surface area contributed by atoms with Crippen molar-refractivity contribution in [1.82, 2.24) is 5.32 Å². The molecule has 38 heavy (non-hydrogen) atoms. The predicted octanol–water partition coefficient (Wildman–Crippen LogP) is 5.14. The van der Waals surface area contributed by atoms with Crippen LogP contribution in [-0.2, 0) is 32.1 Å². The van der Waals surface area contributed by atoms with E-state index >= 15 is 0 Å². The third kappa shape index (κ3) is 8.41. The summed E-state index contributed by atoms with van der Waals surface area (Å²) >= 11 is 0.935. The number of phenolic OH excluding ortho intramolecular Hbond substituents is 1. The average Bonchev–Trinajstić information content (AvgIpc) is 2.90. The maximum atomic E-state index is 13.9. The Bertz CT molecular complexity index is 1250. The Labute approximate surface area is 224 Å². The quantitative estimate of drug-likeness (QED) is 0.327. The number of thioether (sulfide) groups is 1. The SMILES string of the molecule is CC(=O)SCC(C(=O)N[C@@H](Cc1ccc(O)cc1)C(=O)OCc1ccccc1)C(C)c1ccc(F)c(F)c1. The molecular weight excluding hydrogens is 512 g/mol. The summed E-state index contributed by atoms with van der Waals surface area (Å²) in [7, 11) is 0. The maximum Gasteiger partial charge on any atom is 0.329 e. The molecule has 9 heteroatoms. The topological polar surface area (TPSA) is 92.7 Å². The first-order chi connectivity index (χ1) is 18.1. The molecule has 0 aromatic heterocycles. The van der Waals surface area contributed by atoms with Crippen molar-refractivity contribution in [3.05, 3.63) is 101 Å². The van der Waals surface area contributed by atoms with Gasteiger partial charge in [0.25, 0.3) is 0 Å². The number of phenols is 1. The third-order valence-corrected chi connectivity index (χ3v) is 7.01. The minimum absolute atomic E-state index is 0.0104. The monoisotopic (exact) mass is 541 g/mol. The van der Waals surface area contributed by atoms with Gasteiger partial charge in [-0.05, 0) is 46.9 Å². The molecule has 6 nitrogen and oxygen atoms in total. The lowest BCUT2D eigenvalue weighted by atomic mass is 9.87. The summed E-state index contributed by atoms with van der Waals surface area (Å²) in [6.45, 7) is 3.06. The molecule has 0 saturated heterocycles. The first-order valence-corrected chi connectivity index (χ1v) is 13.0. The number of aromatic hydroxyl groups is 1. The van der Waals surface area contributed by atoms with Crippen LogP contribution in [0.2, 0.25) is 0 Å². The molecule has 0 aliphatic carbocycles. The second-order valence-corrected chi connectivity index (χ2v) is 10.1. The van der Waals surface area contributed by atoms with Crippen LogP contribution >= 0.6 is 11.8 Å². The molecule has 0 saturated carbocycles. The summed E-state index contributed by atoms with van der Waals surface area (Å²) in [6, 6.07) is 17.6. The number of rotatable bonds is 11. The smallest absolute Gasteiger partial charge is 0.329 e. The normalized spacial score (nSPS) is 13.3. The second-order valence-electron chi connectivity index (χ2n) is 8.90. The standard InChI is InChI=1S/C29H29F2NO5S/c1-18(22-10-13-25(30)26(31)15-22)24(17-38-19(2)33)28(35)32-27(14-20-8-11-23(34)12-9-20)29(36)37-16-21-6-4-3-5-7-21/h3-13,15,18,24,27,34H,14,16-17H2,1-2H3,(H,32,35)/t18?,24?,27-/m0/s1. The summed E-state index contributed by atoms with van der Waals surface area (Å²) in [5.41, 5.74) is 1.83. The van der Waals surface area contributed by atoms with E-state index in [4.69, 9.17) is 4.74 Å². The van der Waals surface area contributed by atoms with Crippen LogP contribution in [0.15, 0.2) is 72.8 Å². The first-order valence-electron chi connectivity index (χ1n) is 12.0. The Morgan fingerprint density at radius 3 is 2.26 bits per heavy atom. The molecule has 3 aromatic rings. The first kappa shape index (κ1) is 28.8. The van der Waals surface area contributed by atoms with Gasteiger partial charge in [-0.1, -0.05) is 67.2 Å². The van der Waals surface area contributed by atoms with E-state index in [-0.39, 0.29) is 29.6 Å². The van der Waals surface area contributed by atoms with Gasteiger partial charge in [0.05, 0.1) is 5.92 Å². The maximum absolute atomic E-state index is 13.9. The van der Waals surface area contributed by atoms with Crippen LogP contribution in [0.1, 0.15) is 36.5 Å². The van der Waals surface area contributed by atoms with Gasteiger partial charge in [-0.3, -0.25) is 9.59 Å². The minimum atomic E-state index is -1.07. The second kappa shape index (κ2) is 13.7. The van der Waals surface area contributed by atoms with Crippen molar-refractivity contribution in [3.8, 4) is 5.75 Å². The predicted molar refractivity (Wildman–Crippen MR) is 141 cm³/mol. The van der Waals surface area contributed by atoms with Gasteiger partial charge in [0, 0.05) is 19.1 Å². The molecule has 0 aliphatic rings. The van der Waals surface area contributed by atoms with Crippen LogP contribution in [0.4, 0.5) is 8.78 Å². The van der Waals surface area contributed by atoms with Gasteiger partial charge < -0.3 is 15.2 Å². The highest BCUT2D eigenvalue weighted by molar-refractivity contribution is 8.13. The van der Waals surface area contributed by atoms with E-state index < -0.39 is 41.4 Å². The van der Waals surface area contributed by atoms with E-state index in [0.29, 0.717) is 11.1 Å².